The summed E-state index contributed by atoms with van der Waals surface area (Å²) in [7, 11) is 0. The summed E-state index contributed by atoms with van der Waals surface area (Å²) in [4.78, 5) is 4.28. The van der Waals surface area contributed by atoms with Crippen molar-refractivity contribution in [1.29, 1.82) is 0 Å². The Balaban J connectivity index is 2.23. The van der Waals surface area contributed by atoms with Crippen LogP contribution in [0.2, 0.25) is 0 Å². The van der Waals surface area contributed by atoms with E-state index in [4.69, 9.17) is 0 Å². The monoisotopic (exact) mass is 267 g/mol. The SMILES string of the molecule is CCCCCC/C=C/c1ccc(Br)cn1. The third-order valence-corrected chi connectivity index (χ3v) is 2.73. The van der Waals surface area contributed by atoms with Gasteiger partial charge < -0.3 is 0 Å². The molecule has 1 rings (SSSR count). The summed E-state index contributed by atoms with van der Waals surface area (Å²) in [5, 5.41) is 0. The molecule has 0 aromatic carbocycles. The third-order valence-electron chi connectivity index (χ3n) is 2.26. The van der Waals surface area contributed by atoms with Gasteiger partial charge in [-0.15, -0.1) is 0 Å². The topological polar surface area (TPSA) is 12.9 Å². The summed E-state index contributed by atoms with van der Waals surface area (Å²) >= 11 is 3.37. The number of rotatable bonds is 6. The molecule has 0 radical (unpaired) electrons. The third kappa shape index (κ3) is 5.73. The maximum absolute atomic E-state index is 4.28. The Bertz CT molecular complexity index is 290. The van der Waals surface area contributed by atoms with Gasteiger partial charge in [-0.25, -0.2) is 0 Å². The van der Waals surface area contributed by atoms with Crippen molar-refractivity contribution in [1.82, 2.24) is 4.98 Å². The van der Waals surface area contributed by atoms with E-state index in [1.807, 2.05) is 18.3 Å². The summed E-state index contributed by atoms with van der Waals surface area (Å²) in [6.45, 7) is 2.24. The molecule has 2 heteroatoms. The van der Waals surface area contributed by atoms with Crippen LogP contribution in [0.4, 0.5) is 0 Å². The zero-order valence-corrected chi connectivity index (χ0v) is 10.8. The Hall–Kier alpha value is -0.630. The van der Waals surface area contributed by atoms with E-state index in [2.05, 4.69) is 40.0 Å². The predicted octanol–water partition coefficient (Wildman–Crippen LogP) is 4.83. The fraction of sp³-hybridized carbons (Fsp3) is 0.462. The van der Waals surface area contributed by atoms with Gasteiger partial charge in [0.2, 0.25) is 0 Å². The normalized spacial score (nSPS) is 11.1. The van der Waals surface area contributed by atoms with E-state index in [-0.39, 0.29) is 0 Å². The van der Waals surface area contributed by atoms with Crippen LogP contribution in [-0.4, -0.2) is 4.98 Å². The summed E-state index contributed by atoms with van der Waals surface area (Å²) in [6.07, 6.45) is 12.6. The maximum atomic E-state index is 4.28. The molecule has 1 aromatic rings. The number of aromatic nitrogens is 1. The van der Waals surface area contributed by atoms with Gasteiger partial charge in [0.05, 0.1) is 5.69 Å². The second-order valence-corrected chi connectivity index (χ2v) is 4.57. The highest BCUT2D eigenvalue weighted by atomic mass is 79.9. The lowest BCUT2D eigenvalue weighted by Gasteiger charge is -1.95. The average molecular weight is 268 g/mol. The molecule has 0 aliphatic carbocycles. The molecule has 1 heterocycles. The van der Waals surface area contributed by atoms with E-state index in [0.717, 1.165) is 16.6 Å². The largest absolute Gasteiger partial charge is 0.256 e. The molecular weight excluding hydrogens is 250 g/mol. The fourth-order valence-corrected chi connectivity index (χ4v) is 1.61. The number of allylic oxidation sites excluding steroid dienone is 1. The molecule has 0 fully saturated rings. The molecular formula is C13H18BrN. The second kappa shape index (κ2) is 7.63. The Morgan fingerprint density at radius 3 is 2.80 bits per heavy atom. The molecule has 1 aromatic heterocycles. The quantitative estimate of drug-likeness (QED) is 0.673. The first-order chi connectivity index (χ1) is 7.33. The lowest BCUT2D eigenvalue weighted by atomic mass is 10.1. The van der Waals surface area contributed by atoms with Crippen LogP contribution in [0.15, 0.2) is 28.9 Å². The summed E-state index contributed by atoms with van der Waals surface area (Å²) in [5.74, 6) is 0. The molecule has 0 saturated carbocycles. The van der Waals surface area contributed by atoms with Crippen molar-refractivity contribution in [3.63, 3.8) is 0 Å². The van der Waals surface area contributed by atoms with Crippen LogP contribution in [-0.2, 0) is 0 Å². The van der Waals surface area contributed by atoms with Gasteiger partial charge in [-0.2, -0.15) is 0 Å². The number of pyridine rings is 1. The van der Waals surface area contributed by atoms with Crippen molar-refractivity contribution in [3.05, 3.63) is 34.6 Å². The van der Waals surface area contributed by atoms with Crippen LogP contribution in [0, 0.1) is 0 Å². The van der Waals surface area contributed by atoms with Gasteiger partial charge in [-0.3, -0.25) is 4.98 Å². The lowest BCUT2D eigenvalue weighted by molar-refractivity contribution is 0.675. The predicted molar refractivity (Wildman–Crippen MR) is 69.7 cm³/mol. The highest BCUT2D eigenvalue weighted by Gasteiger charge is 1.89. The second-order valence-electron chi connectivity index (χ2n) is 3.65. The van der Waals surface area contributed by atoms with E-state index in [1.54, 1.807) is 0 Å². The highest BCUT2D eigenvalue weighted by Crippen LogP contribution is 2.09. The molecule has 0 N–H and O–H groups in total. The van der Waals surface area contributed by atoms with Gasteiger partial charge >= 0.3 is 0 Å². The number of hydrogen-bond donors (Lipinski definition) is 0. The molecule has 0 aliphatic heterocycles. The van der Waals surface area contributed by atoms with E-state index in [9.17, 15) is 0 Å². The zero-order chi connectivity index (χ0) is 10.9. The Kier molecular flexibility index (Phi) is 6.33. The minimum atomic E-state index is 1.03. The van der Waals surface area contributed by atoms with Crippen molar-refractivity contribution in [3.8, 4) is 0 Å². The minimum Gasteiger partial charge on any atom is -0.256 e. The van der Waals surface area contributed by atoms with Gasteiger partial charge in [0.15, 0.2) is 0 Å². The molecule has 0 saturated heterocycles. The molecule has 82 valence electrons. The summed E-state index contributed by atoms with van der Waals surface area (Å²) < 4.78 is 1.03. The Morgan fingerprint density at radius 2 is 2.13 bits per heavy atom. The van der Waals surface area contributed by atoms with E-state index >= 15 is 0 Å². The fourth-order valence-electron chi connectivity index (χ4n) is 1.38. The number of nitrogens with zero attached hydrogens (tertiary/aromatic N) is 1. The van der Waals surface area contributed by atoms with E-state index < -0.39 is 0 Å². The van der Waals surface area contributed by atoms with Crippen LogP contribution in [0.3, 0.4) is 0 Å². The van der Waals surface area contributed by atoms with Gasteiger partial charge in [0.25, 0.3) is 0 Å². The van der Waals surface area contributed by atoms with Crippen LogP contribution < -0.4 is 0 Å². The smallest absolute Gasteiger partial charge is 0.0627 e. The molecule has 0 bridgehead atoms. The molecule has 0 unspecified atom stereocenters. The summed E-state index contributed by atoms with van der Waals surface area (Å²) in [6, 6.07) is 4.04. The van der Waals surface area contributed by atoms with E-state index in [1.165, 1.54) is 25.7 Å². The molecule has 15 heavy (non-hydrogen) atoms. The first-order valence-electron chi connectivity index (χ1n) is 5.61. The van der Waals surface area contributed by atoms with Crippen molar-refractivity contribution in [2.24, 2.45) is 0 Å². The number of halogens is 1. The van der Waals surface area contributed by atoms with Gasteiger partial charge in [-0.05, 0) is 47.0 Å². The first-order valence-corrected chi connectivity index (χ1v) is 6.40. The summed E-state index contributed by atoms with van der Waals surface area (Å²) in [5.41, 5.74) is 1.04. The molecule has 0 amide bonds. The molecule has 0 spiro atoms. The van der Waals surface area contributed by atoms with Crippen LogP contribution in [0.5, 0.6) is 0 Å². The van der Waals surface area contributed by atoms with Crippen molar-refractivity contribution < 1.29 is 0 Å². The first kappa shape index (κ1) is 12.4. The average Bonchev–Trinajstić information content (AvgIpc) is 2.26. The van der Waals surface area contributed by atoms with Crippen LogP contribution in [0.1, 0.15) is 44.7 Å². The van der Waals surface area contributed by atoms with Crippen LogP contribution in [0.25, 0.3) is 6.08 Å². The standard InChI is InChI=1S/C13H18BrN/c1-2-3-4-5-6-7-8-13-10-9-12(14)11-15-13/h7-11H,2-6H2,1H3/b8-7+. The Morgan fingerprint density at radius 1 is 1.27 bits per heavy atom. The van der Waals surface area contributed by atoms with Crippen LogP contribution >= 0.6 is 15.9 Å². The van der Waals surface area contributed by atoms with E-state index in [0.29, 0.717) is 0 Å². The highest BCUT2D eigenvalue weighted by molar-refractivity contribution is 9.10. The lowest BCUT2D eigenvalue weighted by Crippen LogP contribution is -1.79. The van der Waals surface area contributed by atoms with Crippen molar-refractivity contribution >= 4 is 22.0 Å². The molecule has 0 aliphatic rings. The molecule has 0 atom stereocenters. The van der Waals surface area contributed by atoms with Gasteiger partial charge in [0.1, 0.15) is 0 Å². The minimum absolute atomic E-state index is 1.03. The van der Waals surface area contributed by atoms with Crippen molar-refractivity contribution in [2.75, 3.05) is 0 Å². The van der Waals surface area contributed by atoms with Gasteiger partial charge in [-0.1, -0.05) is 32.3 Å². The van der Waals surface area contributed by atoms with Crippen molar-refractivity contribution in [2.45, 2.75) is 39.0 Å². The van der Waals surface area contributed by atoms with Gasteiger partial charge in [0, 0.05) is 10.7 Å². The Labute approximate surface area is 101 Å². The maximum Gasteiger partial charge on any atom is 0.0627 e. The molecule has 1 nitrogen and oxygen atoms in total. The number of unbranched alkanes of at least 4 members (excludes halogenated alkanes) is 4. The number of hydrogen-bond acceptors (Lipinski definition) is 1. The zero-order valence-electron chi connectivity index (χ0n) is 9.25.